The Morgan fingerprint density at radius 3 is 2.84 bits per heavy atom. The van der Waals surface area contributed by atoms with Gasteiger partial charge in [-0.1, -0.05) is 17.3 Å². The topological polar surface area (TPSA) is 84.6 Å². The third-order valence-corrected chi connectivity index (χ3v) is 6.68. The second kappa shape index (κ2) is 9.60. The molecule has 4 aromatic rings. The zero-order valence-corrected chi connectivity index (χ0v) is 18.8. The molecule has 164 valence electrons. The lowest BCUT2D eigenvalue weighted by Crippen LogP contribution is -2.48. The zero-order chi connectivity index (χ0) is 21.8. The molecule has 0 radical (unpaired) electrons. The number of hydrogen-bond acceptors (Lipinski definition) is 9. The number of aromatic nitrogens is 3. The minimum Gasteiger partial charge on any atom is -0.487 e. The molecule has 0 spiro atoms. The van der Waals surface area contributed by atoms with Crippen molar-refractivity contribution in [1.29, 1.82) is 0 Å². The Bertz CT molecular complexity index is 1150. The Morgan fingerprint density at radius 2 is 2.06 bits per heavy atom. The number of piperazine rings is 1. The van der Waals surface area contributed by atoms with E-state index in [0.29, 0.717) is 49.3 Å². The zero-order valence-electron chi connectivity index (χ0n) is 17.2. The lowest BCUT2D eigenvalue weighted by atomic mass is 10.1. The number of nitrogens with zero attached hydrogens (tertiary/aromatic N) is 5. The van der Waals surface area contributed by atoms with Gasteiger partial charge in [-0.25, -0.2) is 4.98 Å². The molecule has 0 saturated carbocycles. The van der Waals surface area contributed by atoms with Gasteiger partial charge in [-0.15, -0.1) is 22.7 Å². The van der Waals surface area contributed by atoms with Crippen molar-refractivity contribution in [1.82, 2.24) is 24.9 Å². The molecule has 8 nitrogen and oxygen atoms in total. The molecule has 0 bridgehead atoms. The van der Waals surface area contributed by atoms with Gasteiger partial charge in [0, 0.05) is 37.1 Å². The van der Waals surface area contributed by atoms with Gasteiger partial charge >= 0.3 is 0 Å². The number of ether oxygens (including phenoxy) is 1. The molecule has 32 heavy (non-hydrogen) atoms. The van der Waals surface area contributed by atoms with Crippen LogP contribution in [-0.2, 0) is 13.2 Å². The van der Waals surface area contributed by atoms with Crippen molar-refractivity contribution >= 4 is 28.6 Å². The number of carbonyl (C=O) groups excluding carboxylic acids is 1. The summed E-state index contributed by atoms with van der Waals surface area (Å²) in [5.74, 6) is 1.90. The highest BCUT2D eigenvalue weighted by atomic mass is 32.1. The lowest BCUT2D eigenvalue weighted by molar-refractivity contribution is 0.0614. The van der Waals surface area contributed by atoms with Gasteiger partial charge in [0.1, 0.15) is 12.4 Å². The maximum absolute atomic E-state index is 13.0. The lowest BCUT2D eigenvalue weighted by Gasteiger charge is -2.34. The van der Waals surface area contributed by atoms with Gasteiger partial charge in [-0.2, -0.15) is 4.98 Å². The number of amides is 1. The predicted octanol–water partition coefficient (Wildman–Crippen LogP) is 3.79. The molecule has 4 heterocycles. The van der Waals surface area contributed by atoms with Crippen LogP contribution in [0.15, 0.2) is 57.2 Å². The summed E-state index contributed by atoms with van der Waals surface area (Å²) in [5, 5.41) is 8.01. The number of thiophene rings is 1. The Hall–Kier alpha value is -3.08. The Balaban J connectivity index is 1.14. The summed E-state index contributed by atoms with van der Waals surface area (Å²) in [6.07, 6.45) is 0. The van der Waals surface area contributed by atoms with E-state index in [0.717, 1.165) is 23.7 Å². The molecular weight excluding hydrogens is 446 g/mol. The predicted molar refractivity (Wildman–Crippen MR) is 122 cm³/mol. The van der Waals surface area contributed by atoms with Gasteiger partial charge in [-0.05, 0) is 29.6 Å². The van der Waals surface area contributed by atoms with E-state index >= 15 is 0 Å². The van der Waals surface area contributed by atoms with Gasteiger partial charge in [0.25, 0.3) is 5.91 Å². The van der Waals surface area contributed by atoms with Crippen molar-refractivity contribution < 1.29 is 14.1 Å². The highest BCUT2D eigenvalue weighted by Crippen LogP contribution is 2.22. The van der Waals surface area contributed by atoms with Gasteiger partial charge in [-0.3, -0.25) is 9.69 Å². The van der Waals surface area contributed by atoms with E-state index in [9.17, 15) is 4.79 Å². The maximum atomic E-state index is 13.0. The summed E-state index contributed by atoms with van der Waals surface area (Å²) in [7, 11) is 0. The fraction of sp³-hybridized carbons (Fsp3) is 0.273. The molecular formula is C22H21N5O3S2. The maximum Gasteiger partial charge on any atom is 0.254 e. The molecule has 0 atom stereocenters. The van der Waals surface area contributed by atoms with E-state index in [2.05, 4.69) is 20.0 Å². The number of thiazole rings is 1. The van der Waals surface area contributed by atoms with Crippen LogP contribution >= 0.6 is 22.7 Å². The van der Waals surface area contributed by atoms with E-state index in [4.69, 9.17) is 9.26 Å². The Morgan fingerprint density at radius 1 is 1.16 bits per heavy atom. The molecule has 1 aromatic carbocycles. The Kier molecular flexibility index (Phi) is 6.24. The second-order valence-electron chi connectivity index (χ2n) is 7.35. The van der Waals surface area contributed by atoms with E-state index in [1.807, 2.05) is 46.0 Å². The largest absolute Gasteiger partial charge is 0.487 e. The van der Waals surface area contributed by atoms with Crippen molar-refractivity contribution in [3.8, 4) is 16.5 Å². The summed E-state index contributed by atoms with van der Waals surface area (Å²) in [6, 6.07) is 11.3. The van der Waals surface area contributed by atoms with Gasteiger partial charge in [0.2, 0.25) is 11.7 Å². The summed E-state index contributed by atoms with van der Waals surface area (Å²) < 4.78 is 11.2. The van der Waals surface area contributed by atoms with Crippen LogP contribution in [0.2, 0.25) is 0 Å². The molecule has 1 saturated heterocycles. The standard InChI is InChI=1S/C22H21N5O3S2/c28-22(16-3-1-4-18(11-16)29-13-17-14-31-15-23-17)27-8-6-26(7-9-27)12-20-24-21(25-30-20)19-5-2-10-32-19/h1-5,10-11,14-15H,6-9,12-13H2. The van der Waals surface area contributed by atoms with Crippen LogP contribution < -0.4 is 4.74 Å². The van der Waals surface area contributed by atoms with Crippen LogP contribution in [0.25, 0.3) is 10.7 Å². The minimum absolute atomic E-state index is 0.0153. The SMILES string of the molecule is O=C(c1cccc(OCc2cscn2)c1)N1CCN(Cc2nc(-c3cccs3)no2)CC1. The van der Waals surface area contributed by atoms with Crippen molar-refractivity contribution in [3.05, 3.63) is 69.8 Å². The first-order valence-electron chi connectivity index (χ1n) is 10.2. The monoisotopic (exact) mass is 467 g/mol. The van der Waals surface area contributed by atoms with E-state index in [-0.39, 0.29) is 5.91 Å². The third kappa shape index (κ3) is 4.87. The molecule has 1 aliphatic rings. The molecule has 1 fully saturated rings. The van der Waals surface area contributed by atoms with E-state index < -0.39 is 0 Å². The smallest absolute Gasteiger partial charge is 0.254 e. The normalized spacial score (nSPS) is 14.6. The van der Waals surface area contributed by atoms with Crippen molar-refractivity contribution in [2.24, 2.45) is 0 Å². The van der Waals surface area contributed by atoms with Crippen LogP contribution in [0.1, 0.15) is 21.9 Å². The number of benzene rings is 1. The molecule has 0 aliphatic carbocycles. The van der Waals surface area contributed by atoms with Gasteiger partial charge < -0.3 is 14.2 Å². The molecule has 0 unspecified atom stereocenters. The molecule has 1 aliphatic heterocycles. The molecule has 10 heteroatoms. The van der Waals surface area contributed by atoms with Crippen LogP contribution in [-0.4, -0.2) is 57.0 Å². The highest BCUT2D eigenvalue weighted by molar-refractivity contribution is 7.13. The Labute approximate surface area is 193 Å². The van der Waals surface area contributed by atoms with Crippen molar-refractivity contribution in [2.75, 3.05) is 26.2 Å². The fourth-order valence-corrected chi connectivity index (χ4v) is 4.69. The highest BCUT2D eigenvalue weighted by Gasteiger charge is 2.24. The minimum atomic E-state index is 0.0153. The summed E-state index contributed by atoms with van der Waals surface area (Å²) >= 11 is 3.12. The number of rotatable bonds is 7. The van der Waals surface area contributed by atoms with Crippen LogP contribution in [0.3, 0.4) is 0 Å². The van der Waals surface area contributed by atoms with Gasteiger partial charge in [0.15, 0.2) is 0 Å². The quantitative estimate of drug-likeness (QED) is 0.409. The van der Waals surface area contributed by atoms with Crippen molar-refractivity contribution in [3.63, 3.8) is 0 Å². The first kappa shape index (κ1) is 20.8. The average Bonchev–Trinajstić information content (AvgIpc) is 3.61. The molecule has 5 rings (SSSR count). The molecule has 1 amide bonds. The van der Waals surface area contributed by atoms with Crippen LogP contribution in [0, 0.1) is 0 Å². The summed E-state index contributed by atoms with van der Waals surface area (Å²) in [6.45, 7) is 3.78. The molecule has 0 N–H and O–H groups in total. The summed E-state index contributed by atoms with van der Waals surface area (Å²) in [4.78, 5) is 26.8. The molecule has 3 aromatic heterocycles. The number of carbonyl (C=O) groups is 1. The first-order chi connectivity index (χ1) is 15.7. The number of hydrogen-bond donors (Lipinski definition) is 0. The van der Waals surface area contributed by atoms with E-state index in [1.165, 1.54) is 11.3 Å². The third-order valence-electron chi connectivity index (χ3n) is 5.18. The first-order valence-corrected chi connectivity index (χ1v) is 12.0. The van der Waals surface area contributed by atoms with Gasteiger partial charge in [0.05, 0.1) is 22.6 Å². The fourth-order valence-electron chi connectivity index (χ4n) is 3.49. The van der Waals surface area contributed by atoms with Crippen LogP contribution in [0.4, 0.5) is 0 Å². The van der Waals surface area contributed by atoms with Crippen LogP contribution in [0.5, 0.6) is 5.75 Å². The second-order valence-corrected chi connectivity index (χ2v) is 9.02. The van der Waals surface area contributed by atoms with Crippen molar-refractivity contribution in [2.45, 2.75) is 13.2 Å². The van der Waals surface area contributed by atoms with E-state index in [1.54, 1.807) is 22.9 Å². The average molecular weight is 468 g/mol. The summed E-state index contributed by atoms with van der Waals surface area (Å²) in [5.41, 5.74) is 3.29.